The molecule has 0 aliphatic rings. The zero-order valence-electron chi connectivity index (χ0n) is 14.2. The van der Waals surface area contributed by atoms with Gasteiger partial charge in [-0.1, -0.05) is 73.3 Å². The van der Waals surface area contributed by atoms with Crippen LogP contribution >= 0.6 is 0 Å². The van der Waals surface area contributed by atoms with Crippen molar-refractivity contribution in [1.82, 2.24) is 0 Å². The predicted molar refractivity (Wildman–Crippen MR) is 104 cm³/mol. The maximum Gasteiger partial charge on any atom is 0.335 e. The molecular weight excluding hydrogens is 324 g/mol. The minimum absolute atomic E-state index is 0.350. The van der Waals surface area contributed by atoms with Gasteiger partial charge in [-0.15, -0.1) is 0 Å². The van der Waals surface area contributed by atoms with Gasteiger partial charge in [0.25, 0.3) is 0 Å². The quantitative estimate of drug-likeness (QED) is 0.248. The van der Waals surface area contributed by atoms with Crippen molar-refractivity contribution in [2.75, 3.05) is 0 Å². The lowest BCUT2D eigenvalue weighted by molar-refractivity contribution is -0.129. The number of benzene rings is 3. The zero-order valence-corrected chi connectivity index (χ0v) is 14.2. The molecule has 128 valence electrons. The first-order valence-corrected chi connectivity index (χ1v) is 8.19. The molecule has 26 heavy (non-hydrogen) atoms. The van der Waals surface area contributed by atoms with Gasteiger partial charge in [-0.3, -0.25) is 0 Å². The Hall–Kier alpha value is -3.59. The summed E-state index contributed by atoms with van der Waals surface area (Å²) in [5.41, 5.74) is 2.13. The number of hydrogen-bond donors (Lipinski definition) is 0. The third kappa shape index (κ3) is 4.71. The van der Waals surface area contributed by atoms with Crippen LogP contribution in [0.2, 0.25) is 0 Å². The van der Waals surface area contributed by atoms with Crippen LogP contribution in [0.3, 0.4) is 0 Å². The number of carbonyl (C=O) groups excluding carboxylic acids is 1. The van der Waals surface area contributed by atoms with E-state index >= 15 is 0 Å². The monoisotopic (exact) mass is 342 g/mol. The first kappa shape index (κ1) is 17.2. The van der Waals surface area contributed by atoms with Crippen molar-refractivity contribution in [1.29, 1.82) is 0 Å². The highest BCUT2D eigenvalue weighted by Gasteiger charge is 2.08. The highest BCUT2D eigenvalue weighted by atomic mass is 16.6. The maximum absolute atomic E-state index is 11.5. The Labute approximate surface area is 152 Å². The van der Waals surface area contributed by atoms with E-state index in [2.05, 4.69) is 6.58 Å². The lowest BCUT2D eigenvalue weighted by Crippen LogP contribution is -2.04. The molecule has 0 aliphatic carbocycles. The maximum atomic E-state index is 11.5. The van der Waals surface area contributed by atoms with Crippen LogP contribution in [0.15, 0.2) is 91.5 Å². The van der Waals surface area contributed by atoms with E-state index in [1.54, 1.807) is 18.2 Å². The van der Waals surface area contributed by atoms with Crippen molar-refractivity contribution in [3.05, 3.63) is 103 Å². The van der Waals surface area contributed by atoms with Crippen LogP contribution in [-0.2, 0) is 4.79 Å². The normalized spacial score (nSPS) is 10.5. The molecule has 3 aromatic carbocycles. The summed E-state index contributed by atoms with van der Waals surface area (Å²) in [5, 5.41) is 0. The van der Waals surface area contributed by atoms with Crippen molar-refractivity contribution in [2.45, 2.75) is 0 Å². The van der Waals surface area contributed by atoms with Crippen LogP contribution in [0.5, 0.6) is 17.2 Å². The van der Waals surface area contributed by atoms with E-state index in [0.29, 0.717) is 17.2 Å². The minimum Gasteiger partial charge on any atom is -0.453 e. The second-order valence-corrected chi connectivity index (χ2v) is 5.49. The highest BCUT2D eigenvalue weighted by Crippen LogP contribution is 2.31. The minimum atomic E-state index is -0.527. The van der Waals surface area contributed by atoms with Gasteiger partial charge in [0, 0.05) is 6.08 Å². The molecule has 0 heterocycles. The number of ether oxygens (including phenoxy) is 2. The largest absolute Gasteiger partial charge is 0.453 e. The van der Waals surface area contributed by atoms with Crippen LogP contribution in [0.1, 0.15) is 11.1 Å². The molecule has 0 fully saturated rings. The highest BCUT2D eigenvalue weighted by molar-refractivity contribution is 5.83. The second-order valence-electron chi connectivity index (χ2n) is 5.49. The van der Waals surface area contributed by atoms with Crippen molar-refractivity contribution < 1.29 is 14.3 Å². The molecule has 0 aromatic heterocycles. The van der Waals surface area contributed by atoms with Gasteiger partial charge in [0.1, 0.15) is 5.75 Å². The average molecular weight is 342 g/mol. The van der Waals surface area contributed by atoms with Gasteiger partial charge >= 0.3 is 5.97 Å². The fourth-order valence-corrected chi connectivity index (χ4v) is 2.33. The molecule has 0 spiro atoms. The van der Waals surface area contributed by atoms with Gasteiger partial charge in [0.15, 0.2) is 11.5 Å². The standard InChI is InChI=1S/C23H18O3/c1-2-23(24)26-22-14-7-6-13-21(22)25-20-12-8-11-19(17-20)16-15-18-9-4-3-5-10-18/h2-17H,1H2. The molecule has 0 atom stereocenters. The topological polar surface area (TPSA) is 35.5 Å². The molecule has 3 nitrogen and oxygen atoms in total. The summed E-state index contributed by atoms with van der Waals surface area (Å²) in [6.45, 7) is 3.40. The van der Waals surface area contributed by atoms with Crippen LogP contribution in [0.25, 0.3) is 12.2 Å². The molecule has 3 heteroatoms. The van der Waals surface area contributed by atoms with Gasteiger partial charge in [-0.25, -0.2) is 4.79 Å². The van der Waals surface area contributed by atoms with E-state index in [1.807, 2.05) is 72.8 Å². The summed E-state index contributed by atoms with van der Waals surface area (Å²) in [5.74, 6) is 0.942. The van der Waals surface area contributed by atoms with Crippen molar-refractivity contribution in [3.63, 3.8) is 0 Å². The Kier molecular flexibility index (Phi) is 5.63. The van der Waals surface area contributed by atoms with Crippen molar-refractivity contribution in [2.24, 2.45) is 0 Å². The number of carbonyl (C=O) groups is 1. The molecule has 0 aliphatic heterocycles. The van der Waals surface area contributed by atoms with Gasteiger partial charge in [-0.2, -0.15) is 0 Å². The summed E-state index contributed by atoms with van der Waals surface area (Å²) in [6.07, 6.45) is 5.18. The Morgan fingerprint density at radius 2 is 1.42 bits per heavy atom. The molecule has 0 saturated heterocycles. The lowest BCUT2D eigenvalue weighted by atomic mass is 10.1. The smallest absolute Gasteiger partial charge is 0.335 e. The van der Waals surface area contributed by atoms with Crippen LogP contribution in [0, 0.1) is 0 Å². The zero-order chi connectivity index (χ0) is 18.2. The van der Waals surface area contributed by atoms with Crippen LogP contribution in [-0.4, -0.2) is 5.97 Å². The lowest BCUT2D eigenvalue weighted by Gasteiger charge is -2.10. The van der Waals surface area contributed by atoms with E-state index in [1.165, 1.54) is 0 Å². The summed E-state index contributed by atoms with van der Waals surface area (Å²) in [4.78, 5) is 11.5. The number of hydrogen-bond acceptors (Lipinski definition) is 3. The SMILES string of the molecule is C=CC(=O)Oc1ccccc1Oc1cccc(C=Cc2ccccc2)c1. The van der Waals surface area contributed by atoms with Gasteiger partial charge in [0.2, 0.25) is 0 Å². The molecule has 0 saturated carbocycles. The summed E-state index contributed by atoms with van der Waals surface area (Å²) >= 11 is 0. The van der Waals surface area contributed by atoms with Crippen LogP contribution < -0.4 is 9.47 Å². The first-order valence-electron chi connectivity index (χ1n) is 8.19. The third-order valence-electron chi connectivity index (χ3n) is 3.58. The molecule has 0 N–H and O–H groups in total. The molecule has 0 radical (unpaired) electrons. The van der Waals surface area contributed by atoms with E-state index in [-0.39, 0.29) is 0 Å². The third-order valence-corrected chi connectivity index (χ3v) is 3.58. The average Bonchev–Trinajstić information content (AvgIpc) is 2.69. The van der Waals surface area contributed by atoms with E-state index in [9.17, 15) is 4.79 Å². The van der Waals surface area contributed by atoms with E-state index in [0.717, 1.165) is 17.2 Å². The van der Waals surface area contributed by atoms with Gasteiger partial charge in [0.05, 0.1) is 0 Å². The number of rotatable bonds is 6. The summed E-state index contributed by atoms with van der Waals surface area (Å²) in [6, 6.07) is 24.8. The molecule has 0 bridgehead atoms. The second kappa shape index (κ2) is 8.49. The van der Waals surface area contributed by atoms with Crippen molar-refractivity contribution in [3.8, 4) is 17.2 Å². The summed E-state index contributed by atoms with van der Waals surface area (Å²) < 4.78 is 11.1. The molecule has 3 aromatic rings. The first-order chi connectivity index (χ1) is 12.7. The van der Waals surface area contributed by atoms with Crippen LogP contribution in [0.4, 0.5) is 0 Å². The van der Waals surface area contributed by atoms with E-state index < -0.39 is 5.97 Å². The van der Waals surface area contributed by atoms with Gasteiger partial charge in [-0.05, 0) is 35.4 Å². The molecule has 3 rings (SSSR count). The van der Waals surface area contributed by atoms with Gasteiger partial charge < -0.3 is 9.47 Å². The summed E-state index contributed by atoms with van der Waals surface area (Å²) in [7, 11) is 0. The Morgan fingerprint density at radius 3 is 2.19 bits per heavy atom. The Balaban J connectivity index is 1.78. The fourth-order valence-electron chi connectivity index (χ4n) is 2.33. The Bertz CT molecular complexity index is 927. The molecule has 0 unspecified atom stereocenters. The van der Waals surface area contributed by atoms with Crippen molar-refractivity contribution >= 4 is 18.1 Å². The van der Waals surface area contributed by atoms with E-state index in [4.69, 9.17) is 9.47 Å². The fraction of sp³-hybridized carbons (Fsp3) is 0. The molecule has 0 amide bonds. The Morgan fingerprint density at radius 1 is 0.769 bits per heavy atom. The molecular formula is C23H18O3. The predicted octanol–water partition coefficient (Wildman–Crippen LogP) is 5.74. The number of para-hydroxylation sites is 2. The number of esters is 1.